The summed E-state index contributed by atoms with van der Waals surface area (Å²) in [6.45, 7) is 10.4. The van der Waals surface area contributed by atoms with Gasteiger partial charge in [-0.05, 0) is 43.0 Å². The zero-order chi connectivity index (χ0) is 16.6. The van der Waals surface area contributed by atoms with E-state index >= 15 is 0 Å². The lowest BCUT2D eigenvalue weighted by Gasteiger charge is -2.41. The lowest BCUT2D eigenvalue weighted by Crippen LogP contribution is -2.46. The second-order valence-electron chi connectivity index (χ2n) is 7.34. The van der Waals surface area contributed by atoms with Crippen molar-refractivity contribution in [2.75, 3.05) is 17.2 Å². The molecule has 0 unspecified atom stereocenters. The van der Waals surface area contributed by atoms with Crippen LogP contribution in [-0.4, -0.2) is 12.1 Å². The summed E-state index contributed by atoms with van der Waals surface area (Å²) >= 11 is 0. The summed E-state index contributed by atoms with van der Waals surface area (Å²) in [4.78, 5) is 2.38. The summed E-state index contributed by atoms with van der Waals surface area (Å²) in [7, 11) is 0. The van der Waals surface area contributed by atoms with E-state index in [-0.39, 0.29) is 5.60 Å². The summed E-state index contributed by atoms with van der Waals surface area (Å²) in [5.74, 6) is 1.44. The van der Waals surface area contributed by atoms with Crippen molar-refractivity contribution in [3.8, 4) is 5.75 Å². The lowest BCUT2D eigenvalue weighted by molar-refractivity contribution is 0.104. The smallest absolute Gasteiger partial charge is 0.145 e. The van der Waals surface area contributed by atoms with E-state index in [9.17, 15) is 0 Å². The SMILES string of the molecule is CC(C)c1ccc(CN2CC(C)(C)Oc3cc(N)ccc32)cc1. The quantitative estimate of drug-likeness (QED) is 0.844. The number of ether oxygens (including phenoxy) is 1. The van der Waals surface area contributed by atoms with E-state index in [2.05, 4.69) is 62.9 Å². The Labute approximate surface area is 139 Å². The maximum atomic E-state index is 6.10. The van der Waals surface area contributed by atoms with Gasteiger partial charge in [-0.25, -0.2) is 0 Å². The third kappa shape index (κ3) is 3.44. The molecule has 122 valence electrons. The Balaban J connectivity index is 1.87. The minimum absolute atomic E-state index is 0.224. The van der Waals surface area contributed by atoms with Crippen LogP contribution < -0.4 is 15.4 Å². The van der Waals surface area contributed by atoms with Crippen LogP contribution in [0.2, 0.25) is 0 Å². The van der Waals surface area contributed by atoms with Crippen LogP contribution in [0.25, 0.3) is 0 Å². The third-order valence-electron chi connectivity index (χ3n) is 4.30. The van der Waals surface area contributed by atoms with E-state index in [1.807, 2.05) is 12.1 Å². The van der Waals surface area contributed by atoms with Crippen LogP contribution in [0.15, 0.2) is 42.5 Å². The van der Waals surface area contributed by atoms with Gasteiger partial charge < -0.3 is 15.4 Å². The molecule has 0 fully saturated rings. The van der Waals surface area contributed by atoms with Crippen molar-refractivity contribution in [1.82, 2.24) is 0 Å². The normalized spacial score (nSPS) is 16.1. The minimum atomic E-state index is -0.224. The highest BCUT2D eigenvalue weighted by Crippen LogP contribution is 2.39. The first-order valence-corrected chi connectivity index (χ1v) is 8.26. The highest BCUT2D eigenvalue weighted by atomic mass is 16.5. The maximum absolute atomic E-state index is 6.10. The third-order valence-corrected chi connectivity index (χ3v) is 4.30. The summed E-state index contributed by atoms with van der Waals surface area (Å²) in [5.41, 5.74) is 10.2. The second kappa shape index (κ2) is 5.80. The summed E-state index contributed by atoms with van der Waals surface area (Å²) in [5, 5.41) is 0. The van der Waals surface area contributed by atoms with Gasteiger partial charge in [0, 0.05) is 18.3 Å². The molecule has 0 amide bonds. The summed E-state index contributed by atoms with van der Waals surface area (Å²) < 4.78 is 6.10. The predicted molar refractivity (Wildman–Crippen MR) is 97.1 cm³/mol. The van der Waals surface area contributed by atoms with Crippen LogP contribution in [-0.2, 0) is 6.54 Å². The van der Waals surface area contributed by atoms with Crippen molar-refractivity contribution in [1.29, 1.82) is 0 Å². The Morgan fingerprint density at radius 3 is 2.48 bits per heavy atom. The van der Waals surface area contributed by atoms with Crippen molar-refractivity contribution >= 4 is 11.4 Å². The molecule has 3 rings (SSSR count). The molecule has 1 aliphatic rings. The van der Waals surface area contributed by atoms with Crippen LogP contribution >= 0.6 is 0 Å². The number of fused-ring (bicyclic) bond motifs is 1. The monoisotopic (exact) mass is 310 g/mol. The molecule has 0 atom stereocenters. The molecular weight excluding hydrogens is 284 g/mol. The van der Waals surface area contributed by atoms with Crippen molar-refractivity contribution in [3.63, 3.8) is 0 Å². The molecule has 1 aliphatic heterocycles. The van der Waals surface area contributed by atoms with Gasteiger partial charge in [-0.15, -0.1) is 0 Å². The van der Waals surface area contributed by atoms with Gasteiger partial charge in [0.1, 0.15) is 11.4 Å². The fourth-order valence-electron chi connectivity index (χ4n) is 3.12. The van der Waals surface area contributed by atoms with Gasteiger partial charge in [0.15, 0.2) is 0 Å². The summed E-state index contributed by atoms with van der Waals surface area (Å²) in [6, 6.07) is 14.8. The van der Waals surface area contributed by atoms with Crippen molar-refractivity contribution in [2.24, 2.45) is 0 Å². The number of nitrogens with zero attached hydrogens (tertiary/aromatic N) is 1. The van der Waals surface area contributed by atoms with Gasteiger partial charge in [-0.2, -0.15) is 0 Å². The second-order valence-corrected chi connectivity index (χ2v) is 7.34. The van der Waals surface area contributed by atoms with E-state index in [1.54, 1.807) is 0 Å². The molecule has 3 nitrogen and oxygen atoms in total. The molecule has 0 spiro atoms. The highest BCUT2D eigenvalue weighted by molar-refractivity contribution is 5.65. The number of anilines is 2. The predicted octanol–water partition coefficient (Wildman–Crippen LogP) is 4.57. The molecule has 2 N–H and O–H groups in total. The Hall–Kier alpha value is -2.16. The Kier molecular flexibility index (Phi) is 3.97. The van der Waals surface area contributed by atoms with Gasteiger partial charge in [0.05, 0.1) is 12.2 Å². The lowest BCUT2D eigenvalue weighted by atomic mass is 10.0. The molecule has 1 heterocycles. The number of hydrogen-bond acceptors (Lipinski definition) is 3. The highest BCUT2D eigenvalue weighted by Gasteiger charge is 2.31. The first kappa shape index (κ1) is 15.7. The van der Waals surface area contributed by atoms with Crippen molar-refractivity contribution < 1.29 is 4.74 Å². The van der Waals surface area contributed by atoms with Crippen molar-refractivity contribution in [2.45, 2.75) is 45.8 Å². The van der Waals surface area contributed by atoms with E-state index < -0.39 is 0 Å². The standard InChI is InChI=1S/C20H26N2O/c1-14(2)16-7-5-15(6-8-16)12-22-13-20(3,4)23-19-11-17(21)9-10-18(19)22/h5-11,14H,12-13,21H2,1-4H3. The van der Waals surface area contributed by atoms with E-state index in [0.717, 1.165) is 30.2 Å². The molecule has 0 aliphatic carbocycles. The zero-order valence-electron chi connectivity index (χ0n) is 14.5. The number of rotatable bonds is 3. The molecule has 23 heavy (non-hydrogen) atoms. The summed E-state index contributed by atoms with van der Waals surface area (Å²) in [6.07, 6.45) is 0. The largest absolute Gasteiger partial charge is 0.484 e. The first-order chi connectivity index (χ1) is 10.8. The molecular formula is C20H26N2O. The molecule has 0 saturated carbocycles. The van der Waals surface area contributed by atoms with Crippen molar-refractivity contribution in [3.05, 3.63) is 53.6 Å². The molecule has 2 aromatic carbocycles. The zero-order valence-corrected chi connectivity index (χ0v) is 14.5. The molecule has 0 saturated heterocycles. The van der Waals surface area contributed by atoms with Crippen LogP contribution in [0.1, 0.15) is 44.7 Å². The average Bonchev–Trinajstić information content (AvgIpc) is 2.46. The molecule has 0 bridgehead atoms. The van der Waals surface area contributed by atoms with E-state index in [0.29, 0.717) is 5.92 Å². The number of nitrogen functional groups attached to an aromatic ring is 1. The number of benzene rings is 2. The van der Waals surface area contributed by atoms with Gasteiger partial charge >= 0.3 is 0 Å². The van der Waals surface area contributed by atoms with E-state index in [1.165, 1.54) is 11.1 Å². The van der Waals surface area contributed by atoms with Gasteiger partial charge in [0.25, 0.3) is 0 Å². The van der Waals surface area contributed by atoms with Crippen LogP contribution in [0.4, 0.5) is 11.4 Å². The van der Waals surface area contributed by atoms with Gasteiger partial charge in [0.2, 0.25) is 0 Å². The Morgan fingerprint density at radius 1 is 1.13 bits per heavy atom. The van der Waals surface area contributed by atoms with E-state index in [4.69, 9.17) is 10.5 Å². The first-order valence-electron chi connectivity index (χ1n) is 8.26. The molecule has 2 aromatic rings. The fraction of sp³-hybridized carbons (Fsp3) is 0.400. The van der Waals surface area contributed by atoms with Gasteiger partial charge in [-0.1, -0.05) is 38.1 Å². The number of hydrogen-bond donors (Lipinski definition) is 1. The maximum Gasteiger partial charge on any atom is 0.145 e. The molecule has 0 aromatic heterocycles. The average molecular weight is 310 g/mol. The van der Waals surface area contributed by atoms with Crippen LogP contribution in [0, 0.1) is 0 Å². The topological polar surface area (TPSA) is 38.5 Å². The number of nitrogens with two attached hydrogens (primary N) is 1. The van der Waals surface area contributed by atoms with Crippen LogP contribution in [0.3, 0.4) is 0 Å². The van der Waals surface area contributed by atoms with Crippen LogP contribution in [0.5, 0.6) is 5.75 Å². The Morgan fingerprint density at radius 2 is 1.83 bits per heavy atom. The molecule has 3 heteroatoms. The minimum Gasteiger partial charge on any atom is -0.484 e. The van der Waals surface area contributed by atoms with Gasteiger partial charge in [-0.3, -0.25) is 0 Å². The fourth-order valence-corrected chi connectivity index (χ4v) is 3.12. The molecule has 0 radical (unpaired) electrons. The Bertz CT molecular complexity index is 689.